The van der Waals surface area contributed by atoms with Gasteiger partial charge in [-0.05, 0) is 0 Å². The second kappa shape index (κ2) is 2.04. The van der Waals surface area contributed by atoms with Gasteiger partial charge < -0.3 is 0 Å². The quantitative estimate of drug-likeness (QED) is 0.491. The van der Waals surface area contributed by atoms with Crippen molar-refractivity contribution in [2.45, 2.75) is 0 Å². The molecule has 0 N–H and O–H groups in total. The third-order valence-electron chi connectivity index (χ3n) is 1.48. The van der Waals surface area contributed by atoms with E-state index in [0.717, 1.165) is 0 Å². The SMILES string of the molecule is C1=CC2=C[AsH]C=CC2=C1. The zero-order valence-electron chi connectivity index (χ0n) is 4.96. The Morgan fingerprint density at radius 2 is 2.11 bits per heavy atom. The number of rotatable bonds is 0. The van der Waals surface area contributed by atoms with Gasteiger partial charge in [0.1, 0.15) is 0 Å². The Labute approximate surface area is 61.3 Å². The van der Waals surface area contributed by atoms with Crippen molar-refractivity contribution in [2.24, 2.45) is 0 Å². The zero-order chi connectivity index (χ0) is 6.10. The summed E-state index contributed by atoms with van der Waals surface area (Å²) in [5, 5.41) is 0. The molecule has 44 valence electrons. The zero-order valence-corrected chi connectivity index (χ0v) is 7.06. The molecule has 1 heterocycles. The first-order valence-corrected chi connectivity index (χ1v) is 5.40. The van der Waals surface area contributed by atoms with E-state index in [1.807, 2.05) is 0 Å². The molecular weight excluding hydrogens is 171 g/mol. The van der Waals surface area contributed by atoms with E-state index in [0.29, 0.717) is 0 Å². The Morgan fingerprint density at radius 3 is 3.00 bits per heavy atom. The van der Waals surface area contributed by atoms with Crippen LogP contribution in [0.1, 0.15) is 0 Å². The Balaban J connectivity index is 2.46. The van der Waals surface area contributed by atoms with E-state index in [1.165, 1.54) is 11.1 Å². The van der Waals surface area contributed by atoms with Crippen molar-refractivity contribution >= 4 is 15.8 Å². The van der Waals surface area contributed by atoms with Gasteiger partial charge in [-0.1, -0.05) is 0 Å². The fraction of sp³-hybridized carbons (Fsp3) is 0. The molecular formula is C8H7As. The molecule has 1 heteroatoms. The Morgan fingerprint density at radius 1 is 1.11 bits per heavy atom. The first kappa shape index (κ1) is 5.31. The molecule has 1 aliphatic heterocycles. The summed E-state index contributed by atoms with van der Waals surface area (Å²) in [6, 6.07) is 0. The summed E-state index contributed by atoms with van der Waals surface area (Å²) in [6.07, 6.45) is 8.69. The van der Waals surface area contributed by atoms with Crippen LogP contribution in [0, 0.1) is 0 Å². The molecule has 0 amide bonds. The van der Waals surface area contributed by atoms with Crippen LogP contribution < -0.4 is 0 Å². The topological polar surface area (TPSA) is 0 Å². The second-order valence-corrected chi connectivity index (χ2v) is 4.09. The summed E-state index contributed by atoms with van der Waals surface area (Å²) in [5.74, 6) is 0. The van der Waals surface area contributed by atoms with Crippen LogP contribution in [-0.2, 0) is 0 Å². The molecule has 0 bridgehead atoms. The van der Waals surface area contributed by atoms with Crippen molar-refractivity contribution < 1.29 is 0 Å². The number of hydrogen-bond acceptors (Lipinski definition) is 0. The number of allylic oxidation sites excluding steroid dienone is 6. The number of hydrogen-bond donors (Lipinski definition) is 0. The third-order valence-corrected chi connectivity index (χ3v) is 3.24. The van der Waals surface area contributed by atoms with Crippen LogP contribution in [0.25, 0.3) is 0 Å². The summed E-state index contributed by atoms with van der Waals surface area (Å²) >= 11 is 0.131. The monoisotopic (exact) mass is 178 g/mol. The minimum atomic E-state index is 0.131. The molecule has 2 rings (SSSR count). The van der Waals surface area contributed by atoms with E-state index in [4.69, 9.17) is 0 Å². The fourth-order valence-electron chi connectivity index (χ4n) is 1.01. The molecule has 1 unspecified atom stereocenters. The standard InChI is InChI=1S/C8H7As/c1-2-7-4-5-9-6-8(7)3-1/h1-6,9H. The first-order valence-electron chi connectivity index (χ1n) is 2.98. The van der Waals surface area contributed by atoms with Gasteiger partial charge in [-0.25, -0.2) is 0 Å². The van der Waals surface area contributed by atoms with Gasteiger partial charge in [0.15, 0.2) is 0 Å². The molecule has 0 radical (unpaired) electrons. The van der Waals surface area contributed by atoms with Crippen LogP contribution in [-0.4, -0.2) is 15.8 Å². The average molecular weight is 178 g/mol. The molecule has 0 nitrogen and oxygen atoms in total. The van der Waals surface area contributed by atoms with E-state index in [1.54, 1.807) is 0 Å². The summed E-state index contributed by atoms with van der Waals surface area (Å²) in [4.78, 5) is 4.68. The van der Waals surface area contributed by atoms with E-state index in [2.05, 4.69) is 34.0 Å². The molecule has 9 heavy (non-hydrogen) atoms. The first-order chi connectivity index (χ1) is 4.47. The molecule has 1 aliphatic carbocycles. The molecule has 0 saturated carbocycles. The van der Waals surface area contributed by atoms with Gasteiger partial charge in [-0.3, -0.25) is 0 Å². The summed E-state index contributed by atoms with van der Waals surface area (Å²) in [6.45, 7) is 0. The van der Waals surface area contributed by atoms with Crippen LogP contribution >= 0.6 is 0 Å². The Bertz CT molecular complexity index is 241. The van der Waals surface area contributed by atoms with Crippen molar-refractivity contribution in [3.63, 3.8) is 0 Å². The van der Waals surface area contributed by atoms with Gasteiger partial charge in [-0.15, -0.1) is 0 Å². The van der Waals surface area contributed by atoms with Crippen LogP contribution in [0.4, 0.5) is 0 Å². The molecule has 0 fully saturated rings. The molecule has 0 aromatic rings. The van der Waals surface area contributed by atoms with Crippen molar-refractivity contribution in [2.75, 3.05) is 0 Å². The molecule has 0 aromatic carbocycles. The Kier molecular flexibility index (Phi) is 1.20. The maximum absolute atomic E-state index is 2.37. The predicted molar refractivity (Wildman–Crippen MR) is 41.6 cm³/mol. The fourth-order valence-corrected chi connectivity index (χ4v) is 2.72. The van der Waals surface area contributed by atoms with Gasteiger partial charge in [0.2, 0.25) is 0 Å². The molecule has 1 atom stereocenters. The molecule has 0 spiro atoms. The van der Waals surface area contributed by atoms with E-state index in [9.17, 15) is 0 Å². The van der Waals surface area contributed by atoms with Crippen LogP contribution in [0.5, 0.6) is 0 Å². The molecule has 0 saturated heterocycles. The van der Waals surface area contributed by atoms with E-state index < -0.39 is 0 Å². The van der Waals surface area contributed by atoms with Crippen LogP contribution in [0.2, 0.25) is 0 Å². The third kappa shape index (κ3) is 0.839. The van der Waals surface area contributed by atoms with Gasteiger partial charge in [0.05, 0.1) is 0 Å². The predicted octanol–water partition coefficient (Wildman–Crippen LogP) is 1.33. The van der Waals surface area contributed by atoms with E-state index >= 15 is 0 Å². The van der Waals surface area contributed by atoms with Crippen LogP contribution in [0.3, 0.4) is 0 Å². The van der Waals surface area contributed by atoms with E-state index in [-0.39, 0.29) is 15.8 Å². The average Bonchev–Trinajstić information content (AvgIpc) is 2.33. The summed E-state index contributed by atoms with van der Waals surface area (Å²) in [7, 11) is 0. The van der Waals surface area contributed by atoms with Crippen molar-refractivity contribution in [1.29, 1.82) is 0 Å². The summed E-state index contributed by atoms with van der Waals surface area (Å²) < 4.78 is 0. The Hall–Kier alpha value is -0.482. The molecule has 0 aromatic heterocycles. The van der Waals surface area contributed by atoms with Crippen molar-refractivity contribution in [1.82, 2.24) is 0 Å². The maximum atomic E-state index is 2.37. The second-order valence-electron chi connectivity index (χ2n) is 2.08. The van der Waals surface area contributed by atoms with Crippen molar-refractivity contribution in [3.8, 4) is 0 Å². The van der Waals surface area contributed by atoms with Gasteiger partial charge >= 0.3 is 60.9 Å². The normalized spacial score (nSPS) is 24.0. The van der Waals surface area contributed by atoms with Crippen molar-refractivity contribution in [3.05, 3.63) is 45.2 Å². The van der Waals surface area contributed by atoms with Gasteiger partial charge in [-0.2, -0.15) is 0 Å². The van der Waals surface area contributed by atoms with Gasteiger partial charge in [0.25, 0.3) is 0 Å². The molecule has 2 aliphatic rings. The minimum absolute atomic E-state index is 0.131. The number of fused-ring (bicyclic) bond motifs is 1. The van der Waals surface area contributed by atoms with Crippen LogP contribution in [0.15, 0.2) is 45.2 Å². The van der Waals surface area contributed by atoms with Gasteiger partial charge in [0, 0.05) is 0 Å². The summed E-state index contributed by atoms with van der Waals surface area (Å²) in [5.41, 5.74) is 2.84.